The number of nitriles is 1. The van der Waals surface area contributed by atoms with E-state index in [2.05, 4.69) is 17.0 Å². The van der Waals surface area contributed by atoms with Crippen LogP contribution in [0.2, 0.25) is 0 Å². The normalized spacial score (nSPS) is 14.0. The van der Waals surface area contributed by atoms with Crippen molar-refractivity contribution in [1.82, 2.24) is 4.90 Å². The summed E-state index contributed by atoms with van der Waals surface area (Å²) < 4.78 is 0. The molecule has 0 fully saturated rings. The molecule has 0 unspecified atom stereocenters. The predicted octanol–water partition coefficient (Wildman–Crippen LogP) is 3.01. The molecule has 1 heterocycles. The van der Waals surface area contributed by atoms with Crippen molar-refractivity contribution in [3.63, 3.8) is 0 Å². The van der Waals surface area contributed by atoms with Crippen molar-refractivity contribution in [2.45, 2.75) is 25.9 Å². The first-order valence-corrected chi connectivity index (χ1v) is 7.68. The quantitative estimate of drug-likeness (QED) is 0.943. The highest BCUT2D eigenvalue weighted by Crippen LogP contribution is 2.24. The molecule has 4 heteroatoms. The Morgan fingerprint density at radius 2 is 2.09 bits per heavy atom. The van der Waals surface area contributed by atoms with Gasteiger partial charge in [0.1, 0.15) is 0 Å². The molecule has 1 aliphatic heterocycles. The smallest absolute Gasteiger partial charge is 0.335 e. The SMILES string of the molecule is N#CCc1cccc2c1CCN(Cc1cccc(C(=O)O)c1)C2. The zero-order valence-corrected chi connectivity index (χ0v) is 12.8. The van der Waals surface area contributed by atoms with E-state index in [1.165, 1.54) is 11.1 Å². The second kappa shape index (κ2) is 6.64. The largest absolute Gasteiger partial charge is 0.478 e. The minimum Gasteiger partial charge on any atom is -0.478 e. The number of carboxylic acids is 1. The summed E-state index contributed by atoms with van der Waals surface area (Å²) in [6, 6.07) is 15.5. The fourth-order valence-electron chi connectivity index (χ4n) is 3.19. The fourth-order valence-corrected chi connectivity index (χ4v) is 3.19. The van der Waals surface area contributed by atoms with Gasteiger partial charge in [-0.25, -0.2) is 4.79 Å². The van der Waals surface area contributed by atoms with Crippen LogP contribution >= 0.6 is 0 Å². The van der Waals surface area contributed by atoms with Crippen LogP contribution in [0.4, 0.5) is 0 Å². The van der Waals surface area contributed by atoms with Gasteiger partial charge in [-0.05, 0) is 40.8 Å². The van der Waals surface area contributed by atoms with Crippen LogP contribution in [0.25, 0.3) is 0 Å². The number of benzene rings is 2. The zero-order chi connectivity index (χ0) is 16.2. The summed E-state index contributed by atoms with van der Waals surface area (Å²) in [5, 5.41) is 18.0. The number of aromatic carboxylic acids is 1. The van der Waals surface area contributed by atoms with E-state index in [0.717, 1.165) is 37.2 Å². The first kappa shape index (κ1) is 15.3. The molecule has 1 N–H and O–H groups in total. The third-order valence-corrected chi connectivity index (χ3v) is 4.29. The van der Waals surface area contributed by atoms with E-state index < -0.39 is 5.97 Å². The molecule has 0 amide bonds. The van der Waals surface area contributed by atoms with Crippen molar-refractivity contribution in [3.05, 3.63) is 70.3 Å². The van der Waals surface area contributed by atoms with Crippen LogP contribution in [0.3, 0.4) is 0 Å². The molecule has 0 bridgehead atoms. The van der Waals surface area contributed by atoms with Crippen molar-refractivity contribution in [1.29, 1.82) is 5.26 Å². The third kappa shape index (κ3) is 3.41. The summed E-state index contributed by atoms with van der Waals surface area (Å²) in [5.74, 6) is -0.892. The number of nitrogens with zero attached hydrogens (tertiary/aromatic N) is 2. The van der Waals surface area contributed by atoms with Crippen LogP contribution in [0, 0.1) is 11.3 Å². The van der Waals surface area contributed by atoms with Crippen LogP contribution in [-0.4, -0.2) is 22.5 Å². The lowest BCUT2D eigenvalue weighted by Gasteiger charge is -2.30. The maximum absolute atomic E-state index is 11.1. The van der Waals surface area contributed by atoms with Gasteiger partial charge < -0.3 is 5.11 Å². The van der Waals surface area contributed by atoms with E-state index >= 15 is 0 Å². The molecule has 0 radical (unpaired) electrons. The molecule has 4 nitrogen and oxygen atoms in total. The van der Waals surface area contributed by atoms with Gasteiger partial charge in [0.2, 0.25) is 0 Å². The first-order chi connectivity index (χ1) is 11.2. The lowest BCUT2D eigenvalue weighted by molar-refractivity contribution is 0.0696. The molecule has 1 aliphatic rings. The minimum absolute atomic E-state index is 0.330. The van der Waals surface area contributed by atoms with E-state index in [1.807, 2.05) is 18.2 Å². The van der Waals surface area contributed by atoms with Gasteiger partial charge in [-0.3, -0.25) is 4.90 Å². The van der Waals surface area contributed by atoms with Crippen LogP contribution in [0.1, 0.15) is 32.6 Å². The van der Waals surface area contributed by atoms with Crippen molar-refractivity contribution in [2.75, 3.05) is 6.54 Å². The number of rotatable bonds is 4. The Morgan fingerprint density at radius 1 is 1.26 bits per heavy atom. The molecular weight excluding hydrogens is 288 g/mol. The molecule has 23 heavy (non-hydrogen) atoms. The van der Waals surface area contributed by atoms with Gasteiger partial charge in [0.05, 0.1) is 18.1 Å². The standard InChI is InChI=1S/C19H18N2O2/c20-9-7-15-4-2-6-17-13-21(10-8-18(15)17)12-14-3-1-5-16(11-14)19(22)23/h1-6,11H,7-8,10,12-13H2,(H,22,23). The van der Waals surface area contributed by atoms with Crippen LogP contribution in [-0.2, 0) is 25.9 Å². The molecule has 2 aromatic rings. The fraction of sp³-hybridized carbons (Fsp3) is 0.263. The summed E-state index contributed by atoms with van der Waals surface area (Å²) in [4.78, 5) is 13.4. The Morgan fingerprint density at radius 3 is 2.87 bits per heavy atom. The maximum Gasteiger partial charge on any atom is 0.335 e. The van der Waals surface area contributed by atoms with Crippen molar-refractivity contribution >= 4 is 5.97 Å². The third-order valence-electron chi connectivity index (χ3n) is 4.29. The molecule has 0 saturated carbocycles. The Kier molecular flexibility index (Phi) is 4.40. The summed E-state index contributed by atoms with van der Waals surface area (Å²) in [7, 11) is 0. The molecule has 3 rings (SSSR count). The number of carbonyl (C=O) groups is 1. The highest BCUT2D eigenvalue weighted by molar-refractivity contribution is 5.87. The number of carboxylic acid groups (broad SMARTS) is 1. The average Bonchev–Trinajstić information content (AvgIpc) is 2.55. The van der Waals surface area contributed by atoms with Crippen LogP contribution in [0.15, 0.2) is 42.5 Å². The Bertz CT molecular complexity index is 777. The molecule has 0 saturated heterocycles. The highest BCUT2D eigenvalue weighted by atomic mass is 16.4. The molecule has 0 aliphatic carbocycles. The van der Waals surface area contributed by atoms with Crippen LogP contribution < -0.4 is 0 Å². The summed E-state index contributed by atoms with van der Waals surface area (Å²) in [5.41, 5.74) is 5.07. The van der Waals surface area contributed by atoms with Gasteiger partial charge in [-0.1, -0.05) is 30.3 Å². The minimum atomic E-state index is -0.892. The topological polar surface area (TPSA) is 64.3 Å². The molecule has 2 aromatic carbocycles. The van der Waals surface area contributed by atoms with Gasteiger partial charge in [0.15, 0.2) is 0 Å². The zero-order valence-electron chi connectivity index (χ0n) is 12.8. The van der Waals surface area contributed by atoms with E-state index in [0.29, 0.717) is 12.0 Å². The summed E-state index contributed by atoms with van der Waals surface area (Å²) in [6.45, 7) is 2.50. The molecule has 0 spiro atoms. The number of hydrogen-bond acceptors (Lipinski definition) is 3. The van der Waals surface area contributed by atoms with Gasteiger partial charge in [0, 0.05) is 19.6 Å². The van der Waals surface area contributed by atoms with Gasteiger partial charge in [-0.2, -0.15) is 5.26 Å². The first-order valence-electron chi connectivity index (χ1n) is 7.68. The van der Waals surface area contributed by atoms with Gasteiger partial charge >= 0.3 is 5.97 Å². The van der Waals surface area contributed by atoms with Crippen molar-refractivity contribution in [3.8, 4) is 6.07 Å². The van der Waals surface area contributed by atoms with Crippen molar-refractivity contribution in [2.24, 2.45) is 0 Å². The van der Waals surface area contributed by atoms with Crippen LogP contribution in [0.5, 0.6) is 0 Å². The molecule has 116 valence electrons. The van der Waals surface area contributed by atoms with E-state index in [-0.39, 0.29) is 0 Å². The predicted molar refractivity (Wildman–Crippen MR) is 87.0 cm³/mol. The van der Waals surface area contributed by atoms with Gasteiger partial charge in [0.25, 0.3) is 0 Å². The average molecular weight is 306 g/mol. The Balaban J connectivity index is 1.75. The lowest BCUT2D eigenvalue weighted by atomic mass is 9.93. The Hall–Kier alpha value is -2.64. The van der Waals surface area contributed by atoms with Gasteiger partial charge in [-0.15, -0.1) is 0 Å². The maximum atomic E-state index is 11.1. The molecule has 0 aromatic heterocycles. The second-order valence-electron chi connectivity index (χ2n) is 5.86. The van der Waals surface area contributed by atoms with E-state index in [1.54, 1.807) is 18.2 Å². The highest BCUT2D eigenvalue weighted by Gasteiger charge is 2.18. The van der Waals surface area contributed by atoms with E-state index in [4.69, 9.17) is 10.4 Å². The second-order valence-corrected chi connectivity index (χ2v) is 5.86. The monoisotopic (exact) mass is 306 g/mol. The summed E-state index contributed by atoms with van der Waals surface area (Å²) >= 11 is 0. The number of hydrogen-bond donors (Lipinski definition) is 1. The van der Waals surface area contributed by atoms with E-state index in [9.17, 15) is 4.79 Å². The Labute approximate surface area is 135 Å². The number of fused-ring (bicyclic) bond motifs is 1. The molecular formula is C19H18N2O2. The van der Waals surface area contributed by atoms with Crippen molar-refractivity contribution < 1.29 is 9.90 Å². The summed E-state index contributed by atoms with van der Waals surface area (Å²) in [6.07, 6.45) is 1.40. The molecule has 0 atom stereocenters. The lowest BCUT2D eigenvalue weighted by Crippen LogP contribution is -2.30.